The number of sulfonamides is 1. The number of morpholine rings is 1. The number of fused-ring (bicyclic) bond motifs is 1. The van der Waals surface area contributed by atoms with Crippen molar-refractivity contribution in [3.05, 3.63) is 60.2 Å². The van der Waals surface area contributed by atoms with Crippen LogP contribution >= 0.6 is 12.4 Å². The van der Waals surface area contributed by atoms with Crippen molar-refractivity contribution in [3.8, 4) is 11.1 Å². The summed E-state index contributed by atoms with van der Waals surface area (Å²) in [6, 6.07) is 12.5. The van der Waals surface area contributed by atoms with Crippen LogP contribution in [0.5, 0.6) is 0 Å². The van der Waals surface area contributed by atoms with Crippen LogP contribution in [0.25, 0.3) is 22.2 Å². The number of halogens is 2. The number of aryl methyl sites for hydroxylation is 1. The second-order valence-electron chi connectivity index (χ2n) is 7.35. The van der Waals surface area contributed by atoms with E-state index in [9.17, 15) is 12.8 Å². The van der Waals surface area contributed by atoms with Crippen molar-refractivity contribution in [2.24, 2.45) is 5.73 Å². The number of hydrogen-bond donors (Lipinski definition) is 1. The second kappa shape index (κ2) is 10.1. The van der Waals surface area contributed by atoms with Crippen LogP contribution in [0.1, 0.15) is 5.82 Å². The van der Waals surface area contributed by atoms with Gasteiger partial charge in [-0.25, -0.2) is 17.8 Å². The van der Waals surface area contributed by atoms with Crippen LogP contribution in [0.2, 0.25) is 0 Å². The number of para-hydroxylation sites is 1. The molecule has 0 atom stereocenters. The van der Waals surface area contributed by atoms with Crippen molar-refractivity contribution < 1.29 is 17.5 Å². The van der Waals surface area contributed by atoms with Gasteiger partial charge in [-0.05, 0) is 36.8 Å². The van der Waals surface area contributed by atoms with Gasteiger partial charge in [0.1, 0.15) is 11.7 Å². The van der Waals surface area contributed by atoms with Gasteiger partial charge < -0.3 is 15.0 Å². The SMILES string of the molecule is Cc1nc2c(-c3ccc(S(=O)(=O)N4CCOCC4)cc3)cccc2n1C/C(F)=C/CN.Cl. The van der Waals surface area contributed by atoms with Crippen LogP contribution in [0.3, 0.4) is 0 Å². The minimum Gasteiger partial charge on any atom is -0.379 e. The quantitative estimate of drug-likeness (QED) is 0.584. The zero-order chi connectivity index (χ0) is 22.0. The highest BCUT2D eigenvalue weighted by Crippen LogP contribution is 2.30. The Morgan fingerprint density at radius 1 is 1.19 bits per heavy atom. The molecule has 0 radical (unpaired) electrons. The number of nitrogens with two attached hydrogens (primary N) is 1. The minimum atomic E-state index is -3.55. The van der Waals surface area contributed by atoms with Gasteiger partial charge in [-0.3, -0.25) is 0 Å². The van der Waals surface area contributed by atoms with E-state index in [1.807, 2.05) is 25.1 Å². The monoisotopic (exact) mass is 480 g/mol. The molecule has 0 bridgehead atoms. The van der Waals surface area contributed by atoms with E-state index in [0.29, 0.717) is 32.1 Å². The van der Waals surface area contributed by atoms with Crippen LogP contribution in [-0.2, 0) is 21.3 Å². The topological polar surface area (TPSA) is 90.5 Å². The third-order valence-electron chi connectivity index (χ3n) is 5.39. The van der Waals surface area contributed by atoms with Crippen molar-refractivity contribution >= 4 is 33.5 Å². The standard InChI is InChI=1S/C22H25FN4O3S.ClH/c1-16-25-22-20(3-2-4-21(22)27(16)15-18(23)9-10-24)17-5-7-19(8-6-17)31(28,29)26-11-13-30-14-12-26;/h2-9H,10-15,24H2,1H3;1H/b18-9-;. The molecular formula is C22H26ClFN4O3S. The maximum absolute atomic E-state index is 14.1. The average molecular weight is 481 g/mol. The van der Waals surface area contributed by atoms with E-state index in [0.717, 1.165) is 22.2 Å². The predicted octanol–water partition coefficient (Wildman–Crippen LogP) is 3.27. The fraction of sp³-hybridized carbons (Fsp3) is 0.318. The van der Waals surface area contributed by atoms with E-state index in [2.05, 4.69) is 4.98 Å². The van der Waals surface area contributed by atoms with Crippen molar-refractivity contribution in [1.29, 1.82) is 0 Å². The first kappa shape index (κ1) is 24.3. The zero-order valence-electron chi connectivity index (χ0n) is 17.7. The van der Waals surface area contributed by atoms with E-state index in [4.69, 9.17) is 10.5 Å². The summed E-state index contributed by atoms with van der Waals surface area (Å²) in [6.45, 7) is 3.56. The van der Waals surface area contributed by atoms with Gasteiger partial charge in [-0.2, -0.15) is 4.31 Å². The fourth-order valence-electron chi connectivity index (χ4n) is 3.78. The summed E-state index contributed by atoms with van der Waals surface area (Å²) in [7, 11) is -3.55. The highest BCUT2D eigenvalue weighted by molar-refractivity contribution is 7.89. The molecule has 2 N–H and O–H groups in total. The largest absolute Gasteiger partial charge is 0.379 e. The smallest absolute Gasteiger partial charge is 0.243 e. The maximum atomic E-state index is 14.1. The lowest BCUT2D eigenvalue weighted by atomic mass is 10.0. The average Bonchev–Trinajstić information content (AvgIpc) is 3.10. The molecule has 2 aromatic carbocycles. The molecule has 1 aliphatic rings. The van der Waals surface area contributed by atoms with Gasteiger partial charge in [0.2, 0.25) is 10.0 Å². The van der Waals surface area contributed by atoms with Gasteiger partial charge >= 0.3 is 0 Å². The van der Waals surface area contributed by atoms with Gasteiger partial charge in [0.05, 0.1) is 35.7 Å². The Morgan fingerprint density at radius 2 is 1.88 bits per heavy atom. The van der Waals surface area contributed by atoms with Crippen LogP contribution in [0.4, 0.5) is 4.39 Å². The van der Waals surface area contributed by atoms with Crippen molar-refractivity contribution in [1.82, 2.24) is 13.9 Å². The third-order valence-corrected chi connectivity index (χ3v) is 7.30. The maximum Gasteiger partial charge on any atom is 0.243 e. The molecule has 0 unspecified atom stereocenters. The van der Waals surface area contributed by atoms with Gasteiger partial charge in [0.15, 0.2) is 0 Å². The Hall–Kier alpha value is -2.30. The van der Waals surface area contributed by atoms with Gasteiger partial charge in [0, 0.05) is 25.2 Å². The lowest BCUT2D eigenvalue weighted by molar-refractivity contribution is 0.0730. The molecule has 0 saturated carbocycles. The van der Waals surface area contributed by atoms with E-state index in [1.165, 1.54) is 10.4 Å². The minimum absolute atomic E-state index is 0. The van der Waals surface area contributed by atoms with E-state index >= 15 is 0 Å². The van der Waals surface area contributed by atoms with Crippen molar-refractivity contribution in [3.63, 3.8) is 0 Å². The number of rotatable bonds is 6. The summed E-state index contributed by atoms with van der Waals surface area (Å²) in [4.78, 5) is 4.90. The molecule has 1 saturated heterocycles. The fourth-order valence-corrected chi connectivity index (χ4v) is 5.19. The summed E-state index contributed by atoms with van der Waals surface area (Å²) in [6.07, 6.45) is 1.35. The Kier molecular flexibility index (Phi) is 7.68. The van der Waals surface area contributed by atoms with Crippen molar-refractivity contribution in [2.75, 3.05) is 32.8 Å². The lowest BCUT2D eigenvalue weighted by Gasteiger charge is -2.26. The number of hydrogen-bond acceptors (Lipinski definition) is 5. The molecule has 172 valence electrons. The first-order valence-corrected chi connectivity index (χ1v) is 11.5. The molecule has 32 heavy (non-hydrogen) atoms. The van der Waals surface area contributed by atoms with Crippen LogP contribution in [0.15, 0.2) is 59.3 Å². The van der Waals surface area contributed by atoms with E-state index in [1.54, 1.807) is 28.8 Å². The number of benzene rings is 2. The summed E-state index contributed by atoms with van der Waals surface area (Å²) in [5.74, 6) is 0.377. The van der Waals surface area contributed by atoms with E-state index < -0.39 is 10.0 Å². The summed E-state index contributed by atoms with van der Waals surface area (Å²) >= 11 is 0. The second-order valence-corrected chi connectivity index (χ2v) is 9.28. The molecule has 0 aliphatic carbocycles. The van der Waals surface area contributed by atoms with E-state index in [-0.39, 0.29) is 36.2 Å². The highest BCUT2D eigenvalue weighted by Gasteiger charge is 2.26. The number of allylic oxidation sites excluding steroid dienone is 1. The van der Waals surface area contributed by atoms with Gasteiger partial charge in [0.25, 0.3) is 0 Å². The molecule has 2 heterocycles. The summed E-state index contributed by atoms with van der Waals surface area (Å²) in [5.41, 5.74) is 8.65. The number of aromatic nitrogens is 2. The molecule has 1 fully saturated rings. The lowest BCUT2D eigenvalue weighted by Crippen LogP contribution is -2.40. The highest BCUT2D eigenvalue weighted by atomic mass is 35.5. The first-order chi connectivity index (χ1) is 14.9. The van der Waals surface area contributed by atoms with Gasteiger partial charge in [-0.15, -0.1) is 12.4 Å². The van der Waals surface area contributed by atoms with Crippen molar-refractivity contribution in [2.45, 2.75) is 18.4 Å². The molecule has 3 aromatic rings. The zero-order valence-corrected chi connectivity index (χ0v) is 19.3. The molecule has 1 aromatic heterocycles. The molecule has 4 rings (SSSR count). The van der Waals surface area contributed by atoms with Crippen LogP contribution in [-0.4, -0.2) is 55.1 Å². The molecule has 0 spiro atoms. The number of imidazole rings is 1. The predicted molar refractivity (Wildman–Crippen MR) is 125 cm³/mol. The third kappa shape index (κ3) is 4.72. The molecular weight excluding hydrogens is 455 g/mol. The first-order valence-electron chi connectivity index (χ1n) is 10.1. The molecule has 10 heteroatoms. The molecule has 0 amide bonds. The summed E-state index contributed by atoms with van der Waals surface area (Å²) < 4.78 is 48.3. The Balaban J connectivity index is 0.00000289. The summed E-state index contributed by atoms with van der Waals surface area (Å²) in [5, 5.41) is 0. The number of nitrogens with zero attached hydrogens (tertiary/aromatic N) is 3. The molecule has 7 nitrogen and oxygen atoms in total. The number of ether oxygens (including phenoxy) is 1. The molecule has 1 aliphatic heterocycles. The normalized spacial score (nSPS) is 15.7. The Labute approximate surface area is 193 Å². The van der Waals surface area contributed by atoms with Gasteiger partial charge in [-0.1, -0.05) is 24.3 Å². The van der Waals surface area contributed by atoms with Crippen LogP contribution in [0, 0.1) is 6.92 Å². The van der Waals surface area contributed by atoms with Crippen LogP contribution < -0.4 is 5.73 Å². The Morgan fingerprint density at radius 3 is 2.53 bits per heavy atom. The Bertz CT molecular complexity index is 1220.